The molecule has 0 radical (unpaired) electrons. The molecule has 16 heavy (non-hydrogen) atoms. The molecule has 0 aliphatic heterocycles. The summed E-state index contributed by atoms with van der Waals surface area (Å²) in [7, 11) is 0. The molecule has 0 spiro atoms. The Hall–Kier alpha value is -1.85. The Kier molecular flexibility index (Phi) is 8.57. The third-order valence-electron chi connectivity index (χ3n) is 1.80. The monoisotopic (exact) mass is 228 g/mol. The van der Waals surface area contributed by atoms with Crippen LogP contribution in [-0.2, 0) is 19.1 Å². The summed E-state index contributed by atoms with van der Waals surface area (Å²) in [6.45, 7) is 3.82. The molecule has 90 valence electrons. The summed E-state index contributed by atoms with van der Waals surface area (Å²) < 4.78 is 4.86. The Labute approximate surface area is 94.0 Å². The van der Waals surface area contributed by atoms with Crippen LogP contribution in [0.3, 0.4) is 0 Å². The second-order valence-corrected chi connectivity index (χ2v) is 2.98. The number of nitrogens with one attached hydrogen (secondary N) is 2. The van der Waals surface area contributed by atoms with Gasteiger partial charge in [-0.1, -0.05) is 6.58 Å². The van der Waals surface area contributed by atoms with Crippen molar-refractivity contribution in [1.82, 2.24) is 10.6 Å². The van der Waals surface area contributed by atoms with Crippen molar-refractivity contribution in [2.75, 3.05) is 6.54 Å². The highest BCUT2D eigenvalue weighted by Crippen LogP contribution is 2.02. The molecule has 6 heteroatoms. The molecule has 0 fully saturated rings. The molecule has 1 atom stereocenters. The van der Waals surface area contributed by atoms with Crippen molar-refractivity contribution in [3.05, 3.63) is 12.7 Å². The van der Waals surface area contributed by atoms with Crippen molar-refractivity contribution in [1.29, 1.82) is 0 Å². The molecule has 0 saturated heterocycles. The van der Waals surface area contributed by atoms with Gasteiger partial charge < -0.3 is 15.4 Å². The molecule has 0 aromatic carbocycles. The second kappa shape index (κ2) is 9.70. The van der Waals surface area contributed by atoms with Crippen LogP contribution >= 0.6 is 0 Å². The summed E-state index contributed by atoms with van der Waals surface area (Å²) in [5.74, 6) is -0.578. The summed E-state index contributed by atoms with van der Waals surface area (Å²) in [5.41, 5.74) is 0. The van der Waals surface area contributed by atoms with Crippen LogP contribution in [0.1, 0.15) is 19.3 Å². The zero-order valence-corrected chi connectivity index (χ0v) is 8.98. The third-order valence-corrected chi connectivity index (χ3v) is 1.80. The van der Waals surface area contributed by atoms with Crippen molar-refractivity contribution in [2.24, 2.45) is 0 Å². The molecule has 1 unspecified atom stereocenters. The Morgan fingerprint density at radius 3 is 2.62 bits per heavy atom. The number of amides is 2. The molecular formula is C10H16N2O4. The largest absolute Gasteiger partial charge is 0.439 e. The fourth-order valence-corrected chi connectivity index (χ4v) is 1.06. The van der Waals surface area contributed by atoms with Crippen molar-refractivity contribution in [3.63, 3.8) is 0 Å². The Balaban J connectivity index is 3.75. The standard InChI is InChI=1S/C10H16N2O4/c1-2-10(15)16-9(12-8-14)5-3-4-6-11-7-13/h2,7-9H,1,3-6H2,(H,11,13)(H,12,14). The molecule has 2 N–H and O–H groups in total. The van der Waals surface area contributed by atoms with Crippen LogP contribution in [-0.4, -0.2) is 31.6 Å². The van der Waals surface area contributed by atoms with E-state index >= 15 is 0 Å². The van der Waals surface area contributed by atoms with Crippen molar-refractivity contribution in [2.45, 2.75) is 25.5 Å². The Morgan fingerprint density at radius 2 is 2.06 bits per heavy atom. The van der Waals surface area contributed by atoms with E-state index in [4.69, 9.17) is 4.74 Å². The van der Waals surface area contributed by atoms with Gasteiger partial charge >= 0.3 is 5.97 Å². The maximum atomic E-state index is 10.9. The van der Waals surface area contributed by atoms with Gasteiger partial charge in [0.2, 0.25) is 12.8 Å². The smallest absolute Gasteiger partial charge is 0.332 e. The average Bonchev–Trinajstić information content (AvgIpc) is 2.28. The summed E-state index contributed by atoms with van der Waals surface area (Å²) in [6, 6.07) is 0. The number of hydrogen-bond acceptors (Lipinski definition) is 4. The van der Waals surface area contributed by atoms with Crippen molar-refractivity contribution < 1.29 is 19.1 Å². The van der Waals surface area contributed by atoms with E-state index in [1.54, 1.807) is 0 Å². The van der Waals surface area contributed by atoms with E-state index in [0.29, 0.717) is 25.8 Å². The van der Waals surface area contributed by atoms with Crippen LogP contribution in [0.2, 0.25) is 0 Å². The number of unbranched alkanes of at least 4 members (excludes halogenated alkanes) is 1. The zero-order valence-electron chi connectivity index (χ0n) is 8.98. The number of ether oxygens (including phenoxy) is 1. The van der Waals surface area contributed by atoms with E-state index in [-0.39, 0.29) is 0 Å². The van der Waals surface area contributed by atoms with Crippen LogP contribution in [0.5, 0.6) is 0 Å². The lowest BCUT2D eigenvalue weighted by Crippen LogP contribution is -2.32. The first-order chi connectivity index (χ1) is 7.74. The summed E-state index contributed by atoms with van der Waals surface area (Å²) >= 11 is 0. The van der Waals surface area contributed by atoms with Gasteiger partial charge in [-0.25, -0.2) is 4.79 Å². The van der Waals surface area contributed by atoms with Gasteiger partial charge in [0.15, 0.2) is 6.23 Å². The SMILES string of the molecule is C=CC(=O)OC(CCCCNC=O)NC=O. The first-order valence-corrected chi connectivity index (χ1v) is 4.94. The molecule has 0 rings (SSSR count). The topological polar surface area (TPSA) is 84.5 Å². The van der Waals surface area contributed by atoms with E-state index in [0.717, 1.165) is 18.9 Å². The highest BCUT2D eigenvalue weighted by molar-refractivity contribution is 5.81. The molecule has 0 aromatic rings. The van der Waals surface area contributed by atoms with Crippen LogP contribution in [0.4, 0.5) is 0 Å². The fourth-order valence-electron chi connectivity index (χ4n) is 1.06. The third kappa shape index (κ3) is 7.54. The van der Waals surface area contributed by atoms with Gasteiger partial charge in [0, 0.05) is 19.0 Å². The van der Waals surface area contributed by atoms with Gasteiger partial charge in [-0.2, -0.15) is 0 Å². The first-order valence-electron chi connectivity index (χ1n) is 4.94. The van der Waals surface area contributed by atoms with Crippen molar-refractivity contribution in [3.8, 4) is 0 Å². The lowest BCUT2D eigenvalue weighted by molar-refractivity contribution is -0.145. The normalized spacial score (nSPS) is 11.0. The average molecular weight is 228 g/mol. The maximum Gasteiger partial charge on any atom is 0.332 e. The minimum absolute atomic E-state index is 0.477. The second-order valence-electron chi connectivity index (χ2n) is 2.98. The van der Waals surface area contributed by atoms with Crippen LogP contribution in [0, 0.1) is 0 Å². The van der Waals surface area contributed by atoms with Gasteiger partial charge in [-0.3, -0.25) is 9.59 Å². The molecular weight excluding hydrogens is 212 g/mol. The van der Waals surface area contributed by atoms with E-state index in [1.165, 1.54) is 0 Å². The molecule has 0 aliphatic rings. The number of rotatable bonds is 10. The van der Waals surface area contributed by atoms with Crippen LogP contribution in [0.25, 0.3) is 0 Å². The Morgan fingerprint density at radius 1 is 1.31 bits per heavy atom. The predicted octanol–water partition coefficient (Wildman–Crippen LogP) is -0.296. The van der Waals surface area contributed by atoms with Gasteiger partial charge in [0.1, 0.15) is 0 Å². The van der Waals surface area contributed by atoms with E-state index < -0.39 is 12.2 Å². The molecule has 0 aliphatic carbocycles. The van der Waals surface area contributed by atoms with Crippen LogP contribution in [0.15, 0.2) is 12.7 Å². The van der Waals surface area contributed by atoms with Gasteiger partial charge in [0.05, 0.1) is 0 Å². The zero-order chi connectivity index (χ0) is 12.2. The molecule has 0 aromatic heterocycles. The van der Waals surface area contributed by atoms with E-state index in [2.05, 4.69) is 17.2 Å². The Bertz CT molecular complexity index is 243. The summed E-state index contributed by atoms with van der Waals surface area (Å²) in [5, 5.41) is 4.89. The molecule has 0 bridgehead atoms. The van der Waals surface area contributed by atoms with Gasteiger partial charge in [-0.15, -0.1) is 0 Å². The number of carbonyl (C=O) groups excluding carboxylic acids is 3. The molecule has 0 saturated carbocycles. The quantitative estimate of drug-likeness (QED) is 0.177. The maximum absolute atomic E-state index is 10.9. The summed E-state index contributed by atoms with van der Waals surface area (Å²) in [4.78, 5) is 31.0. The predicted molar refractivity (Wildman–Crippen MR) is 57.2 cm³/mol. The van der Waals surface area contributed by atoms with Crippen molar-refractivity contribution >= 4 is 18.8 Å². The van der Waals surface area contributed by atoms with Gasteiger partial charge in [0.25, 0.3) is 0 Å². The van der Waals surface area contributed by atoms with Crippen LogP contribution < -0.4 is 10.6 Å². The number of carbonyl (C=O) groups is 3. The number of hydrogen-bond donors (Lipinski definition) is 2. The minimum atomic E-state index is -0.640. The van der Waals surface area contributed by atoms with Gasteiger partial charge in [-0.05, 0) is 12.8 Å². The molecule has 0 heterocycles. The lowest BCUT2D eigenvalue weighted by Gasteiger charge is -2.15. The molecule has 6 nitrogen and oxygen atoms in total. The minimum Gasteiger partial charge on any atom is -0.439 e. The number of esters is 1. The highest BCUT2D eigenvalue weighted by atomic mass is 16.6. The van der Waals surface area contributed by atoms with E-state index in [9.17, 15) is 14.4 Å². The molecule has 2 amide bonds. The first kappa shape index (κ1) is 14.2. The fraction of sp³-hybridized carbons (Fsp3) is 0.500. The van der Waals surface area contributed by atoms with E-state index in [1.807, 2.05) is 0 Å². The summed E-state index contributed by atoms with van der Waals surface area (Å²) in [6.07, 6.45) is 3.47. The lowest BCUT2D eigenvalue weighted by atomic mass is 10.2. The highest BCUT2D eigenvalue weighted by Gasteiger charge is 2.10.